The highest BCUT2D eigenvalue weighted by molar-refractivity contribution is 5.89. The summed E-state index contributed by atoms with van der Waals surface area (Å²) in [6.07, 6.45) is 0. The Morgan fingerprint density at radius 3 is 2.37 bits per heavy atom. The molecule has 0 amide bonds. The van der Waals surface area contributed by atoms with Crippen molar-refractivity contribution in [3.05, 3.63) is 58.9 Å². The number of halogens is 3. The van der Waals surface area contributed by atoms with Crippen molar-refractivity contribution in [3.63, 3.8) is 0 Å². The lowest BCUT2D eigenvalue weighted by molar-refractivity contribution is 0.0697. The SMILES string of the molecule is Cc1cc(C(=O)O)cc(-c2ccc(F)c(F)c2F)c1. The second-order valence-corrected chi connectivity index (χ2v) is 4.12. The van der Waals surface area contributed by atoms with E-state index in [1.807, 2.05) is 0 Å². The van der Waals surface area contributed by atoms with Gasteiger partial charge in [0.15, 0.2) is 17.5 Å². The van der Waals surface area contributed by atoms with Crippen LogP contribution in [0.4, 0.5) is 13.2 Å². The molecule has 0 saturated carbocycles. The normalized spacial score (nSPS) is 10.5. The lowest BCUT2D eigenvalue weighted by atomic mass is 9.99. The molecule has 2 aromatic rings. The summed E-state index contributed by atoms with van der Waals surface area (Å²) in [7, 11) is 0. The molecule has 0 spiro atoms. The molecule has 2 aromatic carbocycles. The number of carbonyl (C=O) groups is 1. The van der Waals surface area contributed by atoms with Crippen molar-refractivity contribution in [3.8, 4) is 11.1 Å². The maximum atomic E-state index is 13.7. The van der Waals surface area contributed by atoms with Crippen LogP contribution >= 0.6 is 0 Å². The Morgan fingerprint density at radius 1 is 1.05 bits per heavy atom. The molecule has 19 heavy (non-hydrogen) atoms. The minimum atomic E-state index is -1.57. The zero-order valence-corrected chi connectivity index (χ0v) is 9.88. The first-order valence-electron chi connectivity index (χ1n) is 5.39. The van der Waals surface area contributed by atoms with Gasteiger partial charge >= 0.3 is 5.97 Å². The first kappa shape index (κ1) is 13.1. The molecule has 0 heterocycles. The van der Waals surface area contributed by atoms with Gasteiger partial charge in [-0.1, -0.05) is 6.07 Å². The fourth-order valence-electron chi connectivity index (χ4n) is 1.81. The van der Waals surface area contributed by atoms with Crippen LogP contribution in [-0.4, -0.2) is 11.1 Å². The van der Waals surface area contributed by atoms with Crippen molar-refractivity contribution in [2.24, 2.45) is 0 Å². The summed E-state index contributed by atoms with van der Waals surface area (Å²) in [6, 6.07) is 6.00. The third-order valence-electron chi connectivity index (χ3n) is 2.67. The Balaban J connectivity index is 2.65. The average molecular weight is 266 g/mol. The lowest BCUT2D eigenvalue weighted by Crippen LogP contribution is -1.99. The summed E-state index contributed by atoms with van der Waals surface area (Å²) in [5.74, 6) is -5.36. The number of rotatable bonds is 2. The Labute approximate surface area is 107 Å². The van der Waals surface area contributed by atoms with Gasteiger partial charge in [-0.25, -0.2) is 18.0 Å². The summed E-state index contributed by atoms with van der Waals surface area (Å²) < 4.78 is 39.7. The molecule has 2 nitrogen and oxygen atoms in total. The van der Waals surface area contributed by atoms with Crippen LogP contribution in [0.1, 0.15) is 15.9 Å². The van der Waals surface area contributed by atoms with Gasteiger partial charge in [-0.3, -0.25) is 0 Å². The summed E-state index contributed by atoms with van der Waals surface area (Å²) in [5, 5.41) is 8.92. The van der Waals surface area contributed by atoms with Gasteiger partial charge < -0.3 is 5.11 Å². The molecule has 2 rings (SSSR count). The molecule has 0 aliphatic heterocycles. The summed E-state index contributed by atoms with van der Waals surface area (Å²) in [4.78, 5) is 10.9. The van der Waals surface area contributed by atoms with E-state index in [0.29, 0.717) is 5.56 Å². The zero-order valence-electron chi connectivity index (χ0n) is 9.88. The Kier molecular flexibility index (Phi) is 3.29. The van der Waals surface area contributed by atoms with E-state index >= 15 is 0 Å². The van der Waals surface area contributed by atoms with Gasteiger partial charge in [0.05, 0.1) is 5.56 Å². The molecule has 0 aromatic heterocycles. The lowest BCUT2D eigenvalue weighted by Gasteiger charge is -2.07. The molecule has 0 radical (unpaired) electrons. The number of benzene rings is 2. The van der Waals surface area contributed by atoms with Gasteiger partial charge in [-0.2, -0.15) is 0 Å². The highest BCUT2D eigenvalue weighted by atomic mass is 19.2. The van der Waals surface area contributed by atoms with Crippen molar-refractivity contribution < 1.29 is 23.1 Å². The molecule has 0 unspecified atom stereocenters. The number of carboxylic acids is 1. The Hall–Kier alpha value is -2.30. The minimum absolute atomic E-state index is 0.0425. The average Bonchev–Trinajstić information content (AvgIpc) is 2.35. The van der Waals surface area contributed by atoms with E-state index in [9.17, 15) is 18.0 Å². The molecular formula is C14H9F3O2. The van der Waals surface area contributed by atoms with E-state index < -0.39 is 23.4 Å². The molecule has 5 heteroatoms. The molecule has 1 N–H and O–H groups in total. The number of hydrogen-bond donors (Lipinski definition) is 1. The van der Waals surface area contributed by atoms with Gasteiger partial charge in [-0.05, 0) is 42.3 Å². The molecule has 0 fully saturated rings. The third kappa shape index (κ3) is 2.45. The Bertz CT molecular complexity index is 666. The quantitative estimate of drug-likeness (QED) is 0.840. The molecule has 0 atom stereocenters. The van der Waals surface area contributed by atoms with E-state index in [-0.39, 0.29) is 16.7 Å². The van der Waals surface area contributed by atoms with Gasteiger partial charge in [-0.15, -0.1) is 0 Å². The number of aromatic carboxylic acids is 1. The number of hydrogen-bond acceptors (Lipinski definition) is 1. The van der Waals surface area contributed by atoms with Crippen molar-refractivity contribution in [2.45, 2.75) is 6.92 Å². The van der Waals surface area contributed by atoms with Crippen molar-refractivity contribution in [1.82, 2.24) is 0 Å². The number of aryl methyl sites for hydroxylation is 1. The highest BCUT2D eigenvalue weighted by Crippen LogP contribution is 2.27. The maximum Gasteiger partial charge on any atom is 0.335 e. The maximum absolute atomic E-state index is 13.7. The van der Waals surface area contributed by atoms with Crippen LogP contribution in [-0.2, 0) is 0 Å². The van der Waals surface area contributed by atoms with Crippen LogP contribution in [0.3, 0.4) is 0 Å². The van der Waals surface area contributed by atoms with E-state index in [1.165, 1.54) is 18.2 Å². The summed E-state index contributed by atoms with van der Waals surface area (Å²) >= 11 is 0. The van der Waals surface area contributed by atoms with Crippen molar-refractivity contribution in [1.29, 1.82) is 0 Å². The van der Waals surface area contributed by atoms with E-state index in [0.717, 1.165) is 12.1 Å². The molecule has 0 saturated heterocycles. The zero-order chi connectivity index (χ0) is 14.2. The molecular weight excluding hydrogens is 257 g/mol. The topological polar surface area (TPSA) is 37.3 Å². The minimum Gasteiger partial charge on any atom is -0.478 e. The van der Waals surface area contributed by atoms with Crippen LogP contribution in [0.25, 0.3) is 11.1 Å². The molecule has 0 aliphatic carbocycles. The fourth-order valence-corrected chi connectivity index (χ4v) is 1.81. The van der Waals surface area contributed by atoms with Crippen LogP contribution in [0.2, 0.25) is 0 Å². The van der Waals surface area contributed by atoms with Crippen LogP contribution < -0.4 is 0 Å². The van der Waals surface area contributed by atoms with E-state index in [4.69, 9.17) is 5.11 Å². The summed E-state index contributed by atoms with van der Waals surface area (Å²) in [5.41, 5.74) is 0.553. The first-order chi connectivity index (χ1) is 8.90. The predicted octanol–water partition coefficient (Wildman–Crippen LogP) is 3.78. The van der Waals surface area contributed by atoms with Gasteiger partial charge in [0.2, 0.25) is 0 Å². The predicted molar refractivity (Wildman–Crippen MR) is 63.4 cm³/mol. The van der Waals surface area contributed by atoms with Crippen LogP contribution in [0.5, 0.6) is 0 Å². The third-order valence-corrected chi connectivity index (χ3v) is 2.67. The molecule has 98 valence electrons. The van der Waals surface area contributed by atoms with E-state index in [2.05, 4.69) is 0 Å². The van der Waals surface area contributed by atoms with Crippen molar-refractivity contribution >= 4 is 5.97 Å². The van der Waals surface area contributed by atoms with Gasteiger partial charge in [0.25, 0.3) is 0 Å². The highest BCUT2D eigenvalue weighted by Gasteiger charge is 2.16. The second-order valence-electron chi connectivity index (χ2n) is 4.12. The monoisotopic (exact) mass is 266 g/mol. The fraction of sp³-hybridized carbons (Fsp3) is 0.0714. The van der Waals surface area contributed by atoms with Crippen LogP contribution in [0.15, 0.2) is 30.3 Å². The standard InChI is InChI=1S/C14H9F3O2/c1-7-4-8(6-9(5-7)14(18)19)10-2-3-11(15)13(17)12(10)16/h2-6H,1H3,(H,18,19). The number of carboxylic acid groups (broad SMARTS) is 1. The van der Waals surface area contributed by atoms with Gasteiger partial charge in [0, 0.05) is 5.56 Å². The smallest absolute Gasteiger partial charge is 0.335 e. The largest absolute Gasteiger partial charge is 0.478 e. The van der Waals surface area contributed by atoms with Crippen LogP contribution in [0, 0.1) is 24.4 Å². The molecule has 0 bridgehead atoms. The van der Waals surface area contributed by atoms with Gasteiger partial charge in [0.1, 0.15) is 0 Å². The van der Waals surface area contributed by atoms with Crippen molar-refractivity contribution in [2.75, 3.05) is 0 Å². The first-order valence-corrected chi connectivity index (χ1v) is 5.39. The second kappa shape index (κ2) is 4.76. The Morgan fingerprint density at radius 2 is 1.74 bits per heavy atom. The van der Waals surface area contributed by atoms with E-state index in [1.54, 1.807) is 6.92 Å². The molecule has 0 aliphatic rings. The summed E-state index contributed by atoms with van der Waals surface area (Å²) in [6.45, 7) is 1.63.